The van der Waals surface area contributed by atoms with Gasteiger partial charge in [0, 0.05) is 24.1 Å². The van der Waals surface area contributed by atoms with Gasteiger partial charge in [-0.05, 0) is 44.0 Å². The summed E-state index contributed by atoms with van der Waals surface area (Å²) < 4.78 is 4.91. The van der Waals surface area contributed by atoms with E-state index in [-0.39, 0.29) is 17.0 Å². The van der Waals surface area contributed by atoms with Crippen molar-refractivity contribution >= 4 is 23.3 Å². The van der Waals surface area contributed by atoms with Crippen LogP contribution in [-0.2, 0) is 0 Å². The third-order valence-corrected chi connectivity index (χ3v) is 3.77. The van der Waals surface area contributed by atoms with Crippen LogP contribution in [0, 0.1) is 20.8 Å². The van der Waals surface area contributed by atoms with E-state index >= 15 is 0 Å². The Kier molecular flexibility index (Phi) is 4.79. The van der Waals surface area contributed by atoms with Gasteiger partial charge in [-0.2, -0.15) is 0 Å². The first-order valence-electron chi connectivity index (χ1n) is 8.01. The van der Waals surface area contributed by atoms with E-state index in [0.29, 0.717) is 11.6 Å². The molecule has 7 nitrogen and oxygen atoms in total. The molecule has 0 radical (unpaired) electrons. The molecule has 0 aliphatic heterocycles. The highest BCUT2D eigenvalue weighted by molar-refractivity contribution is 6.08. The van der Waals surface area contributed by atoms with E-state index in [1.165, 1.54) is 18.5 Å². The molecule has 2 aromatic heterocycles. The Bertz CT molecular complexity index is 978. The molecule has 0 bridgehead atoms. The Morgan fingerprint density at radius 3 is 2.27 bits per heavy atom. The number of hydrogen-bond donors (Lipinski definition) is 2. The number of amides is 2. The molecule has 7 heteroatoms. The maximum absolute atomic E-state index is 12.5. The second kappa shape index (κ2) is 7.18. The van der Waals surface area contributed by atoms with Gasteiger partial charge in [-0.15, -0.1) is 0 Å². The van der Waals surface area contributed by atoms with Crippen LogP contribution in [0.1, 0.15) is 37.6 Å². The summed E-state index contributed by atoms with van der Waals surface area (Å²) in [6.45, 7) is 5.59. The van der Waals surface area contributed by atoms with Crippen molar-refractivity contribution in [3.63, 3.8) is 0 Å². The Balaban J connectivity index is 1.76. The van der Waals surface area contributed by atoms with Gasteiger partial charge in [-0.1, -0.05) is 17.3 Å². The molecule has 132 valence electrons. The van der Waals surface area contributed by atoms with Gasteiger partial charge in [0.2, 0.25) is 0 Å². The smallest absolute Gasteiger partial charge is 0.258 e. The van der Waals surface area contributed by atoms with Crippen LogP contribution in [0.5, 0.6) is 0 Å². The highest BCUT2D eigenvalue weighted by Gasteiger charge is 2.14. The van der Waals surface area contributed by atoms with Gasteiger partial charge in [0.15, 0.2) is 5.82 Å². The first kappa shape index (κ1) is 17.3. The fraction of sp³-hybridized carbons (Fsp3) is 0.158. The second-order valence-corrected chi connectivity index (χ2v) is 6.01. The second-order valence-electron chi connectivity index (χ2n) is 6.01. The molecule has 0 unspecified atom stereocenters. The molecule has 0 aliphatic carbocycles. The monoisotopic (exact) mass is 350 g/mol. The maximum atomic E-state index is 12.5. The summed E-state index contributed by atoms with van der Waals surface area (Å²) >= 11 is 0. The quantitative estimate of drug-likeness (QED) is 0.750. The third-order valence-electron chi connectivity index (χ3n) is 3.77. The van der Waals surface area contributed by atoms with E-state index in [9.17, 15) is 9.59 Å². The van der Waals surface area contributed by atoms with Crippen molar-refractivity contribution in [2.24, 2.45) is 0 Å². The summed E-state index contributed by atoms with van der Waals surface area (Å²) in [5, 5.41) is 9.15. The van der Waals surface area contributed by atoms with E-state index < -0.39 is 5.91 Å². The van der Waals surface area contributed by atoms with Crippen molar-refractivity contribution in [2.45, 2.75) is 20.8 Å². The zero-order chi connectivity index (χ0) is 18.7. The standard InChI is InChI=1S/C19H18N4O3/c1-11-4-5-12(2)16(6-11)21-18(24)14-8-15(10-20-9-14)19(25)22-17-7-13(3)26-23-17/h4-10H,1-3H3,(H,21,24)(H,22,23,25). The first-order valence-corrected chi connectivity index (χ1v) is 8.01. The van der Waals surface area contributed by atoms with Gasteiger partial charge in [0.1, 0.15) is 5.76 Å². The van der Waals surface area contributed by atoms with Crippen LogP contribution in [0.15, 0.2) is 47.2 Å². The van der Waals surface area contributed by atoms with Gasteiger partial charge in [-0.25, -0.2) is 0 Å². The Labute approximate surface area is 150 Å². The van der Waals surface area contributed by atoms with Crippen LogP contribution in [0.25, 0.3) is 0 Å². The summed E-state index contributed by atoms with van der Waals surface area (Å²) in [6.07, 6.45) is 2.80. The number of nitrogens with one attached hydrogen (secondary N) is 2. The van der Waals surface area contributed by atoms with Crippen LogP contribution in [0.3, 0.4) is 0 Å². The molecule has 2 heterocycles. The van der Waals surface area contributed by atoms with Crippen molar-refractivity contribution in [3.05, 3.63) is 70.7 Å². The lowest BCUT2D eigenvalue weighted by Gasteiger charge is -2.10. The lowest BCUT2D eigenvalue weighted by molar-refractivity contribution is 0.102. The molecule has 3 aromatic rings. The average Bonchev–Trinajstić information content (AvgIpc) is 3.03. The minimum Gasteiger partial charge on any atom is -0.360 e. The molecule has 1 aromatic carbocycles. The summed E-state index contributed by atoms with van der Waals surface area (Å²) in [6, 6.07) is 8.89. The van der Waals surface area contributed by atoms with Gasteiger partial charge in [0.05, 0.1) is 11.1 Å². The first-order chi connectivity index (χ1) is 12.4. The van der Waals surface area contributed by atoms with E-state index in [2.05, 4.69) is 20.8 Å². The van der Waals surface area contributed by atoms with Crippen molar-refractivity contribution in [2.75, 3.05) is 10.6 Å². The number of aromatic nitrogens is 2. The molecular formula is C19H18N4O3. The van der Waals surface area contributed by atoms with Gasteiger partial charge in [-0.3, -0.25) is 14.6 Å². The zero-order valence-corrected chi connectivity index (χ0v) is 14.7. The number of nitrogens with zero attached hydrogens (tertiary/aromatic N) is 2. The predicted octanol–water partition coefficient (Wildman–Crippen LogP) is 3.50. The van der Waals surface area contributed by atoms with Crippen LogP contribution >= 0.6 is 0 Å². The van der Waals surface area contributed by atoms with Crippen molar-refractivity contribution in [1.29, 1.82) is 0 Å². The molecule has 0 aliphatic rings. The molecule has 0 atom stereocenters. The number of rotatable bonds is 4. The lowest BCUT2D eigenvalue weighted by atomic mass is 10.1. The van der Waals surface area contributed by atoms with Gasteiger partial charge in [0.25, 0.3) is 11.8 Å². The predicted molar refractivity (Wildman–Crippen MR) is 97.3 cm³/mol. The molecule has 0 fully saturated rings. The number of pyridine rings is 1. The number of benzene rings is 1. The van der Waals surface area contributed by atoms with Gasteiger partial charge >= 0.3 is 0 Å². The molecule has 2 N–H and O–H groups in total. The van der Waals surface area contributed by atoms with E-state index in [1.54, 1.807) is 13.0 Å². The van der Waals surface area contributed by atoms with Gasteiger partial charge < -0.3 is 15.2 Å². The van der Waals surface area contributed by atoms with Crippen LogP contribution in [0.4, 0.5) is 11.5 Å². The number of anilines is 2. The van der Waals surface area contributed by atoms with E-state index in [1.807, 2.05) is 32.0 Å². The molecule has 0 spiro atoms. The number of aryl methyl sites for hydroxylation is 3. The van der Waals surface area contributed by atoms with Crippen molar-refractivity contribution in [1.82, 2.24) is 10.1 Å². The normalized spacial score (nSPS) is 10.4. The SMILES string of the molecule is Cc1ccc(C)c(NC(=O)c2cncc(C(=O)Nc3cc(C)on3)c2)c1. The summed E-state index contributed by atoms with van der Waals surface area (Å²) in [7, 11) is 0. The highest BCUT2D eigenvalue weighted by Crippen LogP contribution is 2.18. The van der Waals surface area contributed by atoms with E-state index in [0.717, 1.165) is 16.8 Å². The fourth-order valence-electron chi connectivity index (χ4n) is 2.37. The molecule has 3 rings (SSSR count). The molecule has 0 saturated carbocycles. The molecule has 2 amide bonds. The highest BCUT2D eigenvalue weighted by atomic mass is 16.5. The summed E-state index contributed by atoms with van der Waals surface area (Å²) in [5.41, 5.74) is 3.25. The fourth-order valence-corrected chi connectivity index (χ4v) is 2.37. The third kappa shape index (κ3) is 3.94. The Morgan fingerprint density at radius 1 is 0.923 bits per heavy atom. The number of carbonyl (C=O) groups excluding carboxylic acids is 2. The molecular weight excluding hydrogens is 332 g/mol. The largest absolute Gasteiger partial charge is 0.360 e. The van der Waals surface area contributed by atoms with Crippen LogP contribution in [0.2, 0.25) is 0 Å². The molecule has 26 heavy (non-hydrogen) atoms. The summed E-state index contributed by atoms with van der Waals surface area (Å²) in [5.74, 6) is 0.128. The maximum Gasteiger partial charge on any atom is 0.258 e. The van der Waals surface area contributed by atoms with Crippen molar-refractivity contribution in [3.8, 4) is 0 Å². The van der Waals surface area contributed by atoms with Crippen LogP contribution in [-0.4, -0.2) is 22.0 Å². The Morgan fingerprint density at radius 2 is 1.62 bits per heavy atom. The van der Waals surface area contributed by atoms with Crippen molar-refractivity contribution < 1.29 is 14.1 Å². The average molecular weight is 350 g/mol. The lowest BCUT2D eigenvalue weighted by Crippen LogP contribution is -2.16. The minimum absolute atomic E-state index is 0.249. The molecule has 0 saturated heterocycles. The minimum atomic E-state index is -0.424. The zero-order valence-electron chi connectivity index (χ0n) is 14.7. The topological polar surface area (TPSA) is 97.1 Å². The number of hydrogen-bond acceptors (Lipinski definition) is 5. The van der Waals surface area contributed by atoms with E-state index in [4.69, 9.17) is 4.52 Å². The number of carbonyl (C=O) groups is 2. The Hall–Kier alpha value is -3.48. The van der Waals surface area contributed by atoms with Crippen LogP contribution < -0.4 is 10.6 Å². The summed E-state index contributed by atoms with van der Waals surface area (Å²) in [4.78, 5) is 28.8.